The summed E-state index contributed by atoms with van der Waals surface area (Å²) in [4.78, 5) is 9.73. The molecule has 0 heterocycles. The second kappa shape index (κ2) is 29.0. The lowest BCUT2D eigenvalue weighted by atomic mass is 9.91. The molecular weight excluding hydrogens is 585 g/mol. The Morgan fingerprint density at radius 3 is 2.06 bits per heavy atom. The molecule has 1 fully saturated rings. The Hall–Kier alpha value is -2.97. The molecule has 48 heavy (non-hydrogen) atoms. The Morgan fingerprint density at radius 1 is 0.979 bits per heavy atom. The van der Waals surface area contributed by atoms with Crippen molar-refractivity contribution in [1.82, 2.24) is 0 Å². The number of carbonyl (C=O) groups is 1. The predicted octanol–water partition coefficient (Wildman–Crippen LogP) is 14.5. The highest BCUT2D eigenvalue weighted by molar-refractivity contribution is 5.74. The summed E-state index contributed by atoms with van der Waals surface area (Å²) in [5.74, 6) is 1.04. The molecule has 1 aliphatic carbocycles. The molecule has 0 amide bonds. The van der Waals surface area contributed by atoms with Gasteiger partial charge in [-0.15, -0.1) is 6.58 Å². The van der Waals surface area contributed by atoms with Crippen LogP contribution >= 0.6 is 0 Å². The first-order valence-electron chi connectivity index (χ1n) is 18.7. The van der Waals surface area contributed by atoms with Crippen molar-refractivity contribution in [2.24, 2.45) is 5.92 Å². The summed E-state index contributed by atoms with van der Waals surface area (Å²) in [7, 11) is 0. The van der Waals surface area contributed by atoms with Crippen molar-refractivity contribution in [3.8, 4) is 11.1 Å². The van der Waals surface area contributed by atoms with Crippen LogP contribution < -0.4 is 0 Å². The van der Waals surface area contributed by atoms with Crippen LogP contribution in [-0.4, -0.2) is 18.5 Å². The third-order valence-electron chi connectivity index (χ3n) is 8.00. The zero-order chi connectivity index (χ0) is 37.0. The van der Waals surface area contributed by atoms with Crippen LogP contribution in [0.5, 0.6) is 0 Å². The van der Waals surface area contributed by atoms with Crippen molar-refractivity contribution in [2.45, 2.75) is 153 Å². The molecule has 0 radical (unpaired) electrons. The van der Waals surface area contributed by atoms with Crippen LogP contribution in [0.4, 0.5) is 0 Å². The van der Waals surface area contributed by atoms with Gasteiger partial charge in [0.05, 0.1) is 5.60 Å². The smallest absolute Gasteiger partial charge is 0.145 e. The molecule has 0 aromatic heterocycles. The normalized spacial score (nSPS) is 13.2. The highest BCUT2D eigenvalue weighted by atomic mass is 16.5. The lowest BCUT2D eigenvalue weighted by Crippen LogP contribution is -2.19. The maximum Gasteiger partial charge on any atom is 0.145 e. The number of hydrogen-bond acceptors (Lipinski definition) is 2. The molecule has 0 unspecified atom stereocenters. The molecule has 0 aliphatic heterocycles. The average Bonchev–Trinajstić information content (AvgIpc) is 3.08. The number of aldehydes is 1. The molecule has 1 saturated carbocycles. The third kappa shape index (κ3) is 22.6. The fraction of sp³-hybridized carbons (Fsp3) is 0.543. The molecular formula is C46H74O2. The average molecular weight is 659 g/mol. The van der Waals surface area contributed by atoms with Crippen molar-refractivity contribution in [3.05, 3.63) is 102 Å². The van der Waals surface area contributed by atoms with E-state index in [1.54, 1.807) is 6.08 Å². The van der Waals surface area contributed by atoms with Gasteiger partial charge in [0.15, 0.2) is 0 Å². The standard InChI is InChI=1S/C28H36.C7H14.C6H12O2.C3H6.C2H6/c1-7-11-25(12-8-2)26-13-10-14-27(20-26)28-19-24(18-16-23(28)6)17-15-22(5)21(4)9-3;1-7-5-3-2-4-6-7;1-6(2,3)8-5-4-7;1-3-2;1-2/h9-11,13-14,16,18-20H,5,7-8,12,15,17H2,1-4,6H3;7H,2-6H2,1H3;4H,5H2,1-3H3;3H,1H2,2H3;1-2H3/b21-9+,25-11+;;;;. The monoisotopic (exact) mass is 659 g/mol. The Bertz CT molecular complexity index is 1200. The molecule has 2 nitrogen and oxygen atoms in total. The van der Waals surface area contributed by atoms with Crippen LogP contribution in [0, 0.1) is 12.8 Å². The number of carbonyl (C=O) groups excluding carboxylic acids is 1. The van der Waals surface area contributed by atoms with Crippen LogP contribution in [0.2, 0.25) is 0 Å². The predicted molar refractivity (Wildman–Crippen MR) is 218 cm³/mol. The van der Waals surface area contributed by atoms with E-state index in [2.05, 4.69) is 109 Å². The van der Waals surface area contributed by atoms with Crippen molar-refractivity contribution >= 4 is 11.9 Å². The van der Waals surface area contributed by atoms with Gasteiger partial charge in [0.2, 0.25) is 0 Å². The second-order valence-electron chi connectivity index (χ2n) is 13.4. The molecule has 0 bridgehead atoms. The largest absolute Gasteiger partial charge is 0.368 e. The first-order valence-corrected chi connectivity index (χ1v) is 18.7. The van der Waals surface area contributed by atoms with Gasteiger partial charge in [-0.05, 0) is 120 Å². The minimum atomic E-state index is -0.180. The summed E-state index contributed by atoms with van der Waals surface area (Å²) in [5, 5.41) is 0. The van der Waals surface area contributed by atoms with Crippen LogP contribution in [-0.2, 0) is 16.0 Å². The van der Waals surface area contributed by atoms with E-state index in [0.717, 1.165) is 37.9 Å². The van der Waals surface area contributed by atoms with Gasteiger partial charge in [-0.2, -0.15) is 0 Å². The van der Waals surface area contributed by atoms with E-state index in [1.807, 2.05) is 41.5 Å². The number of benzene rings is 2. The maximum absolute atomic E-state index is 9.73. The summed E-state index contributed by atoms with van der Waals surface area (Å²) in [6.45, 7) is 32.7. The Balaban J connectivity index is 0. The third-order valence-corrected chi connectivity index (χ3v) is 8.00. The van der Waals surface area contributed by atoms with Gasteiger partial charge < -0.3 is 9.53 Å². The molecule has 0 spiro atoms. The summed E-state index contributed by atoms with van der Waals surface area (Å²) < 4.78 is 5.01. The van der Waals surface area contributed by atoms with Gasteiger partial charge in [-0.3, -0.25) is 0 Å². The fourth-order valence-corrected chi connectivity index (χ4v) is 5.19. The van der Waals surface area contributed by atoms with Gasteiger partial charge in [0, 0.05) is 0 Å². The van der Waals surface area contributed by atoms with Gasteiger partial charge in [-0.25, -0.2) is 0 Å². The molecule has 2 heteroatoms. The van der Waals surface area contributed by atoms with E-state index in [9.17, 15) is 4.79 Å². The van der Waals surface area contributed by atoms with E-state index in [0.29, 0.717) is 0 Å². The summed E-state index contributed by atoms with van der Waals surface area (Å²) in [5.41, 5.74) is 10.6. The number of hydrogen-bond donors (Lipinski definition) is 0. The van der Waals surface area contributed by atoms with Crippen molar-refractivity contribution in [1.29, 1.82) is 0 Å². The molecule has 1 aliphatic rings. The van der Waals surface area contributed by atoms with Crippen LogP contribution in [0.15, 0.2) is 85.0 Å². The van der Waals surface area contributed by atoms with Crippen LogP contribution in [0.1, 0.15) is 151 Å². The summed E-state index contributed by atoms with van der Waals surface area (Å²) in [6, 6.07) is 16.0. The minimum absolute atomic E-state index is 0.180. The number of rotatable bonds is 11. The van der Waals surface area contributed by atoms with E-state index in [-0.39, 0.29) is 12.2 Å². The molecule has 270 valence electrons. The number of allylic oxidation sites excluding steroid dienone is 6. The molecule has 0 saturated heterocycles. The van der Waals surface area contributed by atoms with Gasteiger partial charge in [0.1, 0.15) is 12.9 Å². The Kier molecular flexibility index (Phi) is 28.5. The van der Waals surface area contributed by atoms with Crippen LogP contribution in [0.3, 0.4) is 0 Å². The van der Waals surface area contributed by atoms with Crippen molar-refractivity contribution in [2.75, 3.05) is 6.61 Å². The second-order valence-corrected chi connectivity index (χ2v) is 13.4. The molecule has 2 aromatic rings. The lowest BCUT2D eigenvalue weighted by molar-refractivity contribution is -0.116. The quantitative estimate of drug-likeness (QED) is 0.136. The van der Waals surface area contributed by atoms with E-state index >= 15 is 0 Å². The first-order chi connectivity index (χ1) is 22.9. The number of ether oxygens (including phenoxy) is 1. The lowest BCUT2D eigenvalue weighted by Gasteiger charge is -2.16. The minimum Gasteiger partial charge on any atom is -0.368 e. The van der Waals surface area contributed by atoms with E-state index in [4.69, 9.17) is 4.74 Å². The molecule has 2 aromatic carbocycles. The Morgan fingerprint density at radius 2 is 1.60 bits per heavy atom. The first kappa shape index (κ1) is 47.1. The maximum atomic E-state index is 9.73. The van der Waals surface area contributed by atoms with Crippen molar-refractivity contribution in [3.63, 3.8) is 0 Å². The number of aryl methyl sites for hydroxylation is 2. The molecule has 0 N–H and O–H groups in total. The van der Waals surface area contributed by atoms with Gasteiger partial charge >= 0.3 is 0 Å². The topological polar surface area (TPSA) is 26.3 Å². The van der Waals surface area contributed by atoms with Gasteiger partial charge in [0.25, 0.3) is 0 Å². The SMILES string of the molecule is C=C(CCc1ccc(C)c(-c2cccc(/C(=C/CC)CCC)c2)c1)/C(C)=C/C.C=CC.CC.CC(C)(C)OCC=O.CC1CCCCC1. The van der Waals surface area contributed by atoms with Crippen molar-refractivity contribution < 1.29 is 9.53 Å². The highest BCUT2D eigenvalue weighted by Crippen LogP contribution is 2.30. The van der Waals surface area contributed by atoms with Crippen LogP contribution in [0.25, 0.3) is 16.7 Å². The molecule has 3 rings (SSSR count). The van der Waals surface area contributed by atoms with E-state index < -0.39 is 0 Å². The van der Waals surface area contributed by atoms with E-state index in [1.165, 1.54) is 83.1 Å². The summed E-state index contributed by atoms with van der Waals surface area (Å²) >= 11 is 0. The zero-order valence-corrected chi connectivity index (χ0v) is 33.4. The summed E-state index contributed by atoms with van der Waals surface area (Å²) in [6.07, 6.45) is 19.9. The highest BCUT2D eigenvalue weighted by Gasteiger charge is 2.09. The van der Waals surface area contributed by atoms with Gasteiger partial charge in [-0.1, -0.05) is 145 Å². The molecule has 0 atom stereocenters. The zero-order valence-electron chi connectivity index (χ0n) is 33.4. The Labute approximate surface area is 298 Å². The fourth-order valence-electron chi connectivity index (χ4n) is 5.19.